The molecule has 0 spiro atoms. The number of nitrogens with two attached hydrogens (primary N) is 1. The highest BCUT2D eigenvalue weighted by atomic mass is 35.5. The summed E-state index contributed by atoms with van der Waals surface area (Å²) < 4.78 is 0. The molecule has 2 amide bonds. The second kappa shape index (κ2) is 4.58. The van der Waals surface area contributed by atoms with E-state index < -0.39 is 16.4 Å². The van der Waals surface area contributed by atoms with Crippen LogP contribution >= 0.6 is 34.8 Å². The van der Waals surface area contributed by atoms with Crippen molar-refractivity contribution in [1.29, 1.82) is 0 Å². The molecule has 11 heavy (non-hydrogen) atoms. The molecule has 0 aliphatic rings. The van der Waals surface area contributed by atoms with Gasteiger partial charge < -0.3 is 5.73 Å². The molecule has 0 fully saturated rings. The van der Waals surface area contributed by atoms with Gasteiger partial charge in [-0.05, 0) is 0 Å². The Morgan fingerprint density at radius 2 is 1.91 bits per heavy atom. The van der Waals surface area contributed by atoms with Gasteiger partial charge in [0.1, 0.15) is 4.84 Å². The molecule has 0 heterocycles. The molecule has 64 valence electrons. The first kappa shape index (κ1) is 10.7. The first-order valence-electron chi connectivity index (χ1n) is 2.35. The minimum Gasteiger partial charge on any atom is -0.350 e. The molecule has 0 rings (SSSR count). The Labute approximate surface area is 77.3 Å². The Bertz CT molecular complexity index is 164. The number of nitrogens with zero attached hydrogens (tertiary/aromatic N) is 2. The summed E-state index contributed by atoms with van der Waals surface area (Å²) in [6.07, 6.45) is 0. The van der Waals surface area contributed by atoms with E-state index in [0.29, 0.717) is 0 Å². The van der Waals surface area contributed by atoms with Crippen LogP contribution in [-0.4, -0.2) is 21.4 Å². The molecule has 0 saturated carbocycles. The van der Waals surface area contributed by atoms with Crippen LogP contribution in [0.4, 0.5) is 4.79 Å². The highest BCUT2D eigenvalue weighted by Gasteiger charge is 2.26. The third kappa shape index (κ3) is 3.09. The zero-order valence-corrected chi connectivity index (χ0v) is 7.34. The fourth-order valence-electron chi connectivity index (χ4n) is 0.314. The summed E-state index contributed by atoms with van der Waals surface area (Å²) >= 11 is 15.8. The van der Waals surface area contributed by atoms with Crippen molar-refractivity contribution in [2.45, 2.75) is 10.3 Å². The van der Waals surface area contributed by atoms with Gasteiger partial charge in [0.05, 0.1) is 5.29 Å². The maximum absolute atomic E-state index is 10.3. The number of primary amides is 1. The van der Waals surface area contributed by atoms with E-state index >= 15 is 0 Å². The van der Waals surface area contributed by atoms with Crippen LogP contribution in [-0.2, 0) is 0 Å². The Morgan fingerprint density at radius 3 is 2.00 bits per heavy atom. The Balaban J connectivity index is 4.25. The highest BCUT2D eigenvalue weighted by Crippen LogP contribution is 2.18. The molecule has 0 aromatic heterocycles. The standard InChI is InChI=1S/C3H4Cl3N3O2/c4-1(5)2(6)9(8-11)3(7)10/h1-2H,(H2,7,10). The van der Waals surface area contributed by atoms with Crippen molar-refractivity contribution in [2.75, 3.05) is 0 Å². The normalized spacial score (nSPS) is 12.7. The monoisotopic (exact) mass is 219 g/mol. The molecule has 5 nitrogen and oxygen atoms in total. The Morgan fingerprint density at radius 1 is 1.45 bits per heavy atom. The third-order valence-electron chi connectivity index (χ3n) is 0.755. The van der Waals surface area contributed by atoms with Gasteiger partial charge in [0.25, 0.3) is 0 Å². The number of hydrogen-bond donors (Lipinski definition) is 1. The zero-order chi connectivity index (χ0) is 9.02. The molecule has 0 aliphatic carbocycles. The van der Waals surface area contributed by atoms with E-state index in [-0.39, 0.29) is 5.01 Å². The smallest absolute Gasteiger partial charge is 0.339 e. The molecule has 2 N–H and O–H groups in total. The van der Waals surface area contributed by atoms with E-state index in [1.54, 1.807) is 0 Å². The maximum Gasteiger partial charge on any atom is 0.339 e. The van der Waals surface area contributed by atoms with Crippen LogP contribution in [0.25, 0.3) is 0 Å². The summed E-state index contributed by atoms with van der Waals surface area (Å²) in [6, 6.07) is -1.11. The predicted molar refractivity (Wildman–Crippen MR) is 42.4 cm³/mol. The fraction of sp³-hybridized carbons (Fsp3) is 0.667. The molecule has 0 aliphatic heterocycles. The molecule has 1 atom stereocenters. The van der Waals surface area contributed by atoms with Crippen molar-refractivity contribution in [3.8, 4) is 0 Å². The van der Waals surface area contributed by atoms with Crippen molar-refractivity contribution >= 4 is 40.8 Å². The average molecular weight is 220 g/mol. The van der Waals surface area contributed by atoms with Crippen molar-refractivity contribution in [2.24, 2.45) is 11.0 Å². The van der Waals surface area contributed by atoms with Crippen molar-refractivity contribution < 1.29 is 4.79 Å². The van der Waals surface area contributed by atoms with Crippen LogP contribution in [0, 0.1) is 4.91 Å². The Hall–Kier alpha value is -0.260. The largest absolute Gasteiger partial charge is 0.350 e. The number of rotatable bonds is 3. The SMILES string of the molecule is NC(=O)N(N=O)C(Cl)C(Cl)Cl. The van der Waals surface area contributed by atoms with Gasteiger partial charge in [-0.3, -0.25) is 0 Å². The summed E-state index contributed by atoms with van der Waals surface area (Å²) in [7, 11) is 0. The number of urea groups is 1. The zero-order valence-electron chi connectivity index (χ0n) is 5.08. The van der Waals surface area contributed by atoms with Crippen molar-refractivity contribution in [3.05, 3.63) is 4.91 Å². The minimum absolute atomic E-state index is 0.242. The maximum atomic E-state index is 10.3. The summed E-state index contributed by atoms with van der Waals surface area (Å²) in [5.74, 6) is 0. The van der Waals surface area contributed by atoms with Gasteiger partial charge in [0.2, 0.25) is 0 Å². The number of carbonyl (C=O) groups is 1. The first-order chi connectivity index (χ1) is 5.00. The van der Waals surface area contributed by atoms with Gasteiger partial charge in [-0.1, -0.05) is 11.6 Å². The van der Waals surface area contributed by atoms with Crippen molar-refractivity contribution in [1.82, 2.24) is 5.01 Å². The van der Waals surface area contributed by atoms with Gasteiger partial charge in [-0.15, -0.1) is 28.1 Å². The lowest BCUT2D eigenvalue weighted by Gasteiger charge is -2.16. The lowest BCUT2D eigenvalue weighted by molar-refractivity contribution is 0.205. The molecule has 0 aromatic carbocycles. The minimum atomic E-state index is -1.24. The summed E-state index contributed by atoms with van der Waals surface area (Å²) in [6.45, 7) is 0. The Kier molecular flexibility index (Phi) is 4.48. The second-order valence-corrected chi connectivity index (χ2v) is 3.08. The van der Waals surface area contributed by atoms with Crippen LogP contribution in [0.3, 0.4) is 0 Å². The molecule has 0 saturated heterocycles. The van der Waals surface area contributed by atoms with Crippen LogP contribution in [0.2, 0.25) is 0 Å². The fourth-order valence-corrected chi connectivity index (χ4v) is 0.659. The van der Waals surface area contributed by atoms with E-state index in [2.05, 4.69) is 11.0 Å². The molecule has 0 aromatic rings. The average Bonchev–Trinajstić information content (AvgIpc) is 1.88. The summed E-state index contributed by atoms with van der Waals surface area (Å²) in [5.41, 5.74) is 3.44. The molecular weight excluding hydrogens is 216 g/mol. The van der Waals surface area contributed by atoms with Crippen LogP contribution in [0.5, 0.6) is 0 Å². The number of amides is 2. The van der Waals surface area contributed by atoms with Gasteiger partial charge >= 0.3 is 6.03 Å². The van der Waals surface area contributed by atoms with E-state index in [4.69, 9.17) is 34.8 Å². The van der Waals surface area contributed by atoms with E-state index in [0.717, 1.165) is 0 Å². The summed E-state index contributed by atoms with van der Waals surface area (Å²) in [5, 5.41) is 2.46. The number of nitroso groups, excluding NO2 is 1. The molecule has 8 heteroatoms. The van der Waals surface area contributed by atoms with Crippen molar-refractivity contribution in [3.63, 3.8) is 0 Å². The van der Waals surface area contributed by atoms with Crippen LogP contribution < -0.4 is 5.73 Å². The topological polar surface area (TPSA) is 75.8 Å². The quantitative estimate of drug-likeness (QED) is 0.338. The lowest BCUT2D eigenvalue weighted by atomic mass is 10.7. The summed E-state index contributed by atoms with van der Waals surface area (Å²) in [4.78, 5) is 19.1. The predicted octanol–water partition coefficient (Wildman–Crippen LogP) is 1.42. The second-order valence-electron chi connectivity index (χ2n) is 1.47. The number of hydrogen-bond acceptors (Lipinski definition) is 3. The molecular formula is C3H4Cl3N3O2. The van der Waals surface area contributed by atoms with Crippen LogP contribution in [0.15, 0.2) is 5.29 Å². The van der Waals surface area contributed by atoms with Gasteiger partial charge in [-0.2, -0.15) is 5.01 Å². The van der Waals surface area contributed by atoms with E-state index in [9.17, 15) is 9.70 Å². The molecule has 0 bridgehead atoms. The first-order valence-corrected chi connectivity index (χ1v) is 3.65. The van der Waals surface area contributed by atoms with Gasteiger partial charge in [0.15, 0.2) is 5.50 Å². The lowest BCUT2D eigenvalue weighted by Crippen LogP contribution is -2.39. The van der Waals surface area contributed by atoms with E-state index in [1.807, 2.05) is 0 Å². The third-order valence-corrected chi connectivity index (χ3v) is 1.93. The number of carbonyl (C=O) groups excluding carboxylic acids is 1. The highest BCUT2D eigenvalue weighted by molar-refractivity contribution is 6.48. The molecule has 0 radical (unpaired) electrons. The number of alkyl halides is 3. The number of halogens is 3. The van der Waals surface area contributed by atoms with Gasteiger partial charge in [-0.25, -0.2) is 4.79 Å². The van der Waals surface area contributed by atoms with Gasteiger partial charge in [0, 0.05) is 0 Å². The molecule has 1 unspecified atom stereocenters. The van der Waals surface area contributed by atoms with Crippen LogP contribution in [0.1, 0.15) is 0 Å². The van der Waals surface area contributed by atoms with E-state index in [1.165, 1.54) is 0 Å².